The SMILES string of the molecule is [B]CCCC1CCCC(=O)/C1=C/c1ccccc1. The van der Waals surface area contributed by atoms with E-state index in [9.17, 15) is 4.79 Å². The smallest absolute Gasteiger partial charge is 0.159 e. The second-order valence-electron chi connectivity index (χ2n) is 4.95. The van der Waals surface area contributed by atoms with Gasteiger partial charge in [0.15, 0.2) is 5.78 Å². The summed E-state index contributed by atoms with van der Waals surface area (Å²) in [5.41, 5.74) is 2.14. The van der Waals surface area contributed by atoms with Gasteiger partial charge in [-0.1, -0.05) is 43.1 Å². The van der Waals surface area contributed by atoms with Crippen molar-refractivity contribution in [2.75, 3.05) is 0 Å². The molecule has 1 aromatic carbocycles. The molecule has 0 N–H and O–H groups in total. The number of rotatable bonds is 4. The summed E-state index contributed by atoms with van der Waals surface area (Å²) < 4.78 is 0. The van der Waals surface area contributed by atoms with E-state index in [1.54, 1.807) is 0 Å². The highest BCUT2D eigenvalue weighted by atomic mass is 16.1. The van der Waals surface area contributed by atoms with Crippen LogP contribution in [0.5, 0.6) is 0 Å². The largest absolute Gasteiger partial charge is 0.295 e. The van der Waals surface area contributed by atoms with Crippen LogP contribution in [0, 0.1) is 5.92 Å². The van der Waals surface area contributed by atoms with Crippen molar-refractivity contribution in [3.8, 4) is 0 Å². The Morgan fingerprint density at radius 1 is 1.28 bits per heavy atom. The number of ketones is 1. The Morgan fingerprint density at radius 2 is 2.06 bits per heavy atom. The van der Waals surface area contributed by atoms with E-state index < -0.39 is 0 Å². The first-order chi connectivity index (χ1) is 8.81. The Labute approximate surface area is 111 Å². The molecule has 1 aromatic rings. The fourth-order valence-corrected chi connectivity index (χ4v) is 2.63. The molecular formula is C16H19BO. The van der Waals surface area contributed by atoms with Crippen LogP contribution < -0.4 is 0 Å². The van der Waals surface area contributed by atoms with Crippen molar-refractivity contribution >= 4 is 19.7 Å². The highest BCUT2D eigenvalue weighted by Gasteiger charge is 2.24. The Kier molecular flexibility index (Phi) is 4.80. The van der Waals surface area contributed by atoms with Crippen molar-refractivity contribution in [2.45, 2.75) is 38.4 Å². The van der Waals surface area contributed by atoms with Crippen molar-refractivity contribution < 1.29 is 4.79 Å². The first-order valence-electron chi connectivity index (χ1n) is 6.81. The van der Waals surface area contributed by atoms with Crippen LogP contribution in [0.3, 0.4) is 0 Å². The van der Waals surface area contributed by atoms with Crippen LogP contribution in [0.15, 0.2) is 35.9 Å². The lowest BCUT2D eigenvalue weighted by Gasteiger charge is -2.24. The predicted molar refractivity (Wildman–Crippen MR) is 76.6 cm³/mol. The summed E-state index contributed by atoms with van der Waals surface area (Å²) in [6, 6.07) is 10.1. The van der Waals surface area contributed by atoms with E-state index in [0.29, 0.717) is 24.4 Å². The number of Topliss-reactive ketones (excluding diaryl/α,β-unsaturated/α-hetero) is 1. The molecule has 2 heteroatoms. The van der Waals surface area contributed by atoms with E-state index in [-0.39, 0.29) is 0 Å². The van der Waals surface area contributed by atoms with Crippen LogP contribution in [0.1, 0.15) is 37.7 Å². The van der Waals surface area contributed by atoms with Crippen molar-refractivity contribution in [1.82, 2.24) is 0 Å². The van der Waals surface area contributed by atoms with Crippen LogP contribution in [-0.4, -0.2) is 13.6 Å². The van der Waals surface area contributed by atoms with Gasteiger partial charge in [0.05, 0.1) is 7.85 Å². The minimum Gasteiger partial charge on any atom is -0.295 e. The molecule has 1 aliphatic rings. The third-order valence-corrected chi connectivity index (χ3v) is 3.60. The predicted octanol–water partition coefficient (Wildman–Crippen LogP) is 3.81. The zero-order valence-electron chi connectivity index (χ0n) is 10.8. The molecule has 2 radical (unpaired) electrons. The van der Waals surface area contributed by atoms with Crippen LogP contribution in [-0.2, 0) is 4.79 Å². The van der Waals surface area contributed by atoms with Gasteiger partial charge >= 0.3 is 0 Å². The van der Waals surface area contributed by atoms with Gasteiger partial charge in [-0.25, -0.2) is 0 Å². The lowest BCUT2D eigenvalue weighted by atomic mass is 9.79. The lowest BCUT2D eigenvalue weighted by molar-refractivity contribution is -0.117. The van der Waals surface area contributed by atoms with E-state index >= 15 is 0 Å². The molecule has 1 atom stereocenters. The summed E-state index contributed by atoms with van der Waals surface area (Å²) in [6.07, 6.45) is 7.69. The molecule has 1 fully saturated rings. The van der Waals surface area contributed by atoms with E-state index in [4.69, 9.17) is 7.85 Å². The molecule has 2 rings (SSSR count). The normalized spacial score (nSPS) is 22.3. The van der Waals surface area contributed by atoms with E-state index in [0.717, 1.165) is 36.8 Å². The van der Waals surface area contributed by atoms with Crippen LogP contribution >= 0.6 is 0 Å². The van der Waals surface area contributed by atoms with Gasteiger partial charge in [0.1, 0.15) is 0 Å². The number of allylic oxidation sites excluding steroid dienone is 1. The van der Waals surface area contributed by atoms with Gasteiger partial charge in [-0.05, 0) is 42.4 Å². The first-order valence-corrected chi connectivity index (χ1v) is 6.81. The highest BCUT2D eigenvalue weighted by Crippen LogP contribution is 2.32. The average molecular weight is 238 g/mol. The van der Waals surface area contributed by atoms with Crippen molar-refractivity contribution in [3.63, 3.8) is 0 Å². The van der Waals surface area contributed by atoms with Gasteiger partial charge in [0.25, 0.3) is 0 Å². The Balaban J connectivity index is 2.19. The number of hydrogen-bond acceptors (Lipinski definition) is 1. The number of carbonyl (C=O) groups excluding carboxylic acids is 1. The summed E-state index contributed by atoms with van der Waals surface area (Å²) >= 11 is 0. The molecule has 0 aliphatic heterocycles. The minimum absolute atomic E-state index is 0.326. The summed E-state index contributed by atoms with van der Waals surface area (Å²) in [4.78, 5) is 12.1. The molecule has 0 bridgehead atoms. The molecule has 0 aromatic heterocycles. The maximum absolute atomic E-state index is 12.1. The lowest BCUT2D eigenvalue weighted by Crippen LogP contribution is -2.19. The van der Waals surface area contributed by atoms with Crippen molar-refractivity contribution in [1.29, 1.82) is 0 Å². The van der Waals surface area contributed by atoms with Gasteiger partial charge in [-0.2, -0.15) is 0 Å². The third kappa shape index (κ3) is 3.35. The molecule has 92 valence electrons. The van der Waals surface area contributed by atoms with E-state index in [2.05, 4.69) is 18.2 Å². The summed E-state index contributed by atoms with van der Waals surface area (Å²) in [7, 11) is 5.57. The Hall–Kier alpha value is -1.31. The van der Waals surface area contributed by atoms with Crippen LogP contribution in [0.4, 0.5) is 0 Å². The Bertz CT molecular complexity index is 422. The number of hydrogen-bond donors (Lipinski definition) is 0. The second-order valence-corrected chi connectivity index (χ2v) is 4.95. The topological polar surface area (TPSA) is 17.1 Å². The van der Waals surface area contributed by atoms with Crippen LogP contribution in [0.2, 0.25) is 6.32 Å². The molecule has 0 amide bonds. The van der Waals surface area contributed by atoms with Gasteiger partial charge in [0.2, 0.25) is 0 Å². The summed E-state index contributed by atoms with van der Waals surface area (Å²) in [5, 5.41) is 0. The quantitative estimate of drug-likeness (QED) is 0.575. The van der Waals surface area contributed by atoms with Gasteiger partial charge < -0.3 is 0 Å². The molecule has 1 unspecified atom stereocenters. The zero-order chi connectivity index (χ0) is 12.8. The van der Waals surface area contributed by atoms with Gasteiger partial charge in [0, 0.05) is 6.42 Å². The molecule has 1 aliphatic carbocycles. The van der Waals surface area contributed by atoms with Gasteiger partial charge in [-0.3, -0.25) is 4.79 Å². The Morgan fingerprint density at radius 3 is 2.78 bits per heavy atom. The van der Waals surface area contributed by atoms with Crippen molar-refractivity contribution in [2.24, 2.45) is 5.92 Å². The van der Waals surface area contributed by atoms with E-state index in [1.165, 1.54) is 0 Å². The van der Waals surface area contributed by atoms with E-state index in [1.807, 2.05) is 18.2 Å². The highest BCUT2D eigenvalue weighted by molar-refractivity contribution is 6.08. The molecular weight excluding hydrogens is 219 g/mol. The molecule has 0 spiro atoms. The maximum atomic E-state index is 12.1. The minimum atomic E-state index is 0.326. The maximum Gasteiger partial charge on any atom is 0.159 e. The zero-order valence-corrected chi connectivity index (χ0v) is 10.8. The molecule has 18 heavy (non-hydrogen) atoms. The molecule has 1 saturated carbocycles. The van der Waals surface area contributed by atoms with Gasteiger partial charge in [-0.15, -0.1) is 0 Å². The number of benzene rings is 1. The molecule has 0 heterocycles. The number of carbonyl (C=O) groups is 1. The third-order valence-electron chi connectivity index (χ3n) is 3.60. The summed E-state index contributed by atoms with van der Waals surface area (Å²) in [6.45, 7) is 0. The molecule has 1 nitrogen and oxygen atoms in total. The second kappa shape index (κ2) is 6.58. The average Bonchev–Trinajstić information content (AvgIpc) is 2.41. The summed E-state index contributed by atoms with van der Waals surface area (Å²) in [5.74, 6) is 0.738. The van der Waals surface area contributed by atoms with Crippen molar-refractivity contribution in [3.05, 3.63) is 41.5 Å². The fraction of sp³-hybridized carbons (Fsp3) is 0.438. The monoisotopic (exact) mass is 238 g/mol. The first kappa shape index (κ1) is 13.1. The molecule has 0 saturated heterocycles. The van der Waals surface area contributed by atoms with Crippen LogP contribution in [0.25, 0.3) is 6.08 Å². The fourth-order valence-electron chi connectivity index (χ4n) is 2.63. The standard InChI is InChI=1S/C16H19BO/c17-11-5-9-14-8-4-10-16(18)15(14)12-13-6-2-1-3-7-13/h1-3,6-7,12,14H,4-5,8-11H2/b15-12+.